The van der Waals surface area contributed by atoms with E-state index in [0.29, 0.717) is 5.65 Å². The highest BCUT2D eigenvalue weighted by Crippen LogP contribution is 2.22. The van der Waals surface area contributed by atoms with Gasteiger partial charge in [0.2, 0.25) is 9.84 Å². The molecule has 0 atom stereocenters. The fraction of sp³-hybridized carbons (Fsp3) is 0.148. The van der Waals surface area contributed by atoms with Gasteiger partial charge in [0.15, 0.2) is 0 Å². The normalized spacial score (nSPS) is 11.9. The minimum atomic E-state index is -4.06. The van der Waals surface area contributed by atoms with E-state index in [2.05, 4.69) is 0 Å². The van der Waals surface area contributed by atoms with Gasteiger partial charge in [-0.2, -0.15) is 0 Å². The molecule has 176 valence electrons. The highest BCUT2D eigenvalue weighted by atomic mass is 32.2. The average Bonchev–Trinajstić information content (AvgIpc) is 2.83. The molecule has 8 heteroatoms. The zero-order valence-corrected chi connectivity index (χ0v) is 20.4. The van der Waals surface area contributed by atoms with Crippen molar-refractivity contribution in [3.05, 3.63) is 111 Å². The first kappa shape index (κ1) is 22.7. The lowest BCUT2D eigenvalue weighted by molar-refractivity contribution is 0.591. The first-order valence-electron chi connectivity index (χ1n) is 11.1. The maximum atomic E-state index is 13.6. The van der Waals surface area contributed by atoms with E-state index in [1.165, 1.54) is 27.2 Å². The zero-order chi connectivity index (χ0) is 24.9. The van der Waals surface area contributed by atoms with Gasteiger partial charge in [-0.25, -0.2) is 13.4 Å². The Hall–Kier alpha value is -4.04. The van der Waals surface area contributed by atoms with E-state index >= 15 is 0 Å². The van der Waals surface area contributed by atoms with Crippen LogP contribution in [0.25, 0.3) is 16.7 Å². The number of sulfone groups is 1. The summed E-state index contributed by atoms with van der Waals surface area (Å²) in [6, 6.07) is 19.1. The van der Waals surface area contributed by atoms with Crippen molar-refractivity contribution in [3.8, 4) is 0 Å². The highest BCUT2D eigenvalue weighted by molar-refractivity contribution is 7.91. The molecule has 7 nitrogen and oxygen atoms in total. The van der Waals surface area contributed by atoms with Crippen molar-refractivity contribution in [2.45, 2.75) is 37.1 Å². The molecule has 0 amide bonds. The summed E-state index contributed by atoms with van der Waals surface area (Å²) in [5.41, 5.74) is 3.82. The molecular formula is C27H24N4O3S. The highest BCUT2D eigenvalue weighted by Gasteiger charge is 2.24. The summed E-state index contributed by atoms with van der Waals surface area (Å²) in [7, 11) is -4.06. The Balaban J connectivity index is 1.88. The number of aromatic nitrogens is 3. The monoisotopic (exact) mass is 484 g/mol. The van der Waals surface area contributed by atoms with Gasteiger partial charge in [0.25, 0.3) is 5.56 Å². The van der Waals surface area contributed by atoms with E-state index < -0.39 is 9.84 Å². The number of aryl methyl sites for hydroxylation is 3. The first-order valence-corrected chi connectivity index (χ1v) is 12.6. The van der Waals surface area contributed by atoms with Crippen LogP contribution in [0.4, 0.5) is 0 Å². The van der Waals surface area contributed by atoms with Crippen molar-refractivity contribution in [1.29, 1.82) is 5.41 Å². The molecule has 0 spiro atoms. The van der Waals surface area contributed by atoms with Gasteiger partial charge in [0.1, 0.15) is 21.7 Å². The van der Waals surface area contributed by atoms with E-state index in [4.69, 9.17) is 10.4 Å². The number of pyridine rings is 2. The largest absolute Gasteiger partial charge is 0.305 e. The van der Waals surface area contributed by atoms with Gasteiger partial charge in [-0.05, 0) is 56.2 Å². The smallest absolute Gasteiger partial charge is 0.267 e. The Morgan fingerprint density at radius 1 is 0.886 bits per heavy atom. The lowest BCUT2D eigenvalue weighted by atomic mass is 10.1. The third kappa shape index (κ3) is 3.85. The van der Waals surface area contributed by atoms with Crippen molar-refractivity contribution in [2.24, 2.45) is 0 Å². The Bertz CT molecular complexity index is 1830. The summed E-state index contributed by atoms with van der Waals surface area (Å²) in [6.45, 7) is 5.91. The number of benzene rings is 2. The Labute approximate surface area is 202 Å². The third-order valence-electron chi connectivity index (χ3n) is 6.18. The van der Waals surface area contributed by atoms with Gasteiger partial charge in [0.05, 0.1) is 16.8 Å². The zero-order valence-electron chi connectivity index (χ0n) is 19.6. The minimum Gasteiger partial charge on any atom is -0.305 e. The van der Waals surface area contributed by atoms with Crippen LogP contribution in [0.3, 0.4) is 0 Å². The second kappa shape index (κ2) is 8.32. The topological polar surface area (TPSA) is 97.3 Å². The number of hydrogen-bond donors (Lipinski definition) is 1. The van der Waals surface area contributed by atoms with Gasteiger partial charge in [-0.15, -0.1) is 0 Å². The number of nitrogens with one attached hydrogen (secondary N) is 1. The van der Waals surface area contributed by atoms with Gasteiger partial charge in [0, 0.05) is 6.20 Å². The molecule has 2 aromatic carbocycles. The molecule has 3 heterocycles. The van der Waals surface area contributed by atoms with Crippen LogP contribution in [-0.4, -0.2) is 22.4 Å². The predicted octanol–water partition coefficient (Wildman–Crippen LogP) is 3.94. The number of hydrogen-bond acceptors (Lipinski definition) is 5. The van der Waals surface area contributed by atoms with Crippen LogP contribution < -0.4 is 11.0 Å². The maximum Gasteiger partial charge on any atom is 0.267 e. The Morgan fingerprint density at radius 2 is 1.51 bits per heavy atom. The van der Waals surface area contributed by atoms with Gasteiger partial charge >= 0.3 is 0 Å². The predicted molar refractivity (Wildman–Crippen MR) is 134 cm³/mol. The molecular weight excluding hydrogens is 460 g/mol. The molecule has 0 radical (unpaired) electrons. The van der Waals surface area contributed by atoms with Crippen LogP contribution >= 0.6 is 0 Å². The van der Waals surface area contributed by atoms with Gasteiger partial charge < -0.3 is 4.57 Å². The summed E-state index contributed by atoms with van der Waals surface area (Å²) < 4.78 is 30.2. The van der Waals surface area contributed by atoms with Crippen LogP contribution in [0, 0.1) is 26.2 Å². The molecule has 0 unspecified atom stereocenters. The van der Waals surface area contributed by atoms with Crippen molar-refractivity contribution in [3.63, 3.8) is 0 Å². The summed E-state index contributed by atoms with van der Waals surface area (Å²) in [6.07, 6.45) is 1.62. The Kier molecular flexibility index (Phi) is 5.40. The van der Waals surface area contributed by atoms with Crippen molar-refractivity contribution >= 4 is 26.5 Å². The first-order chi connectivity index (χ1) is 16.7. The van der Waals surface area contributed by atoms with Crippen molar-refractivity contribution in [2.75, 3.05) is 0 Å². The van der Waals surface area contributed by atoms with E-state index in [1.54, 1.807) is 24.4 Å². The second-order valence-corrected chi connectivity index (χ2v) is 10.7. The summed E-state index contributed by atoms with van der Waals surface area (Å²) >= 11 is 0. The molecule has 0 aliphatic heterocycles. The van der Waals surface area contributed by atoms with E-state index in [1.807, 2.05) is 51.1 Å². The lowest BCUT2D eigenvalue weighted by Gasteiger charge is -2.16. The molecule has 0 aliphatic rings. The van der Waals surface area contributed by atoms with Crippen LogP contribution in [-0.2, 0) is 16.4 Å². The number of fused-ring (bicyclic) bond motifs is 2. The molecule has 3 aromatic heterocycles. The SMILES string of the molecule is Cc1ccc(Cn2c(=N)c(S(=O)(=O)c3ccc(C)cc3)cc3c(=O)n4cccc(C)c4nc32)cc1. The molecule has 35 heavy (non-hydrogen) atoms. The fourth-order valence-electron chi connectivity index (χ4n) is 4.15. The van der Waals surface area contributed by atoms with Gasteiger partial charge in [-0.3, -0.25) is 14.6 Å². The quantitative estimate of drug-likeness (QED) is 0.391. The molecule has 0 aliphatic carbocycles. The maximum absolute atomic E-state index is 13.6. The minimum absolute atomic E-state index is 0.0718. The Morgan fingerprint density at radius 3 is 2.17 bits per heavy atom. The number of rotatable bonds is 4. The summed E-state index contributed by atoms with van der Waals surface area (Å²) in [5.74, 6) is 0. The summed E-state index contributed by atoms with van der Waals surface area (Å²) in [5, 5.41) is 9.08. The molecule has 0 bridgehead atoms. The number of nitrogens with zero attached hydrogens (tertiary/aromatic N) is 3. The fourth-order valence-corrected chi connectivity index (χ4v) is 5.54. The van der Waals surface area contributed by atoms with Crippen LogP contribution in [0.1, 0.15) is 22.3 Å². The molecule has 0 fully saturated rings. The lowest BCUT2D eigenvalue weighted by Crippen LogP contribution is -2.30. The second-order valence-electron chi connectivity index (χ2n) is 8.78. The average molecular weight is 485 g/mol. The molecule has 0 saturated heterocycles. The van der Waals surface area contributed by atoms with E-state index in [0.717, 1.165) is 22.3 Å². The molecule has 5 aromatic rings. The molecule has 0 saturated carbocycles. The van der Waals surface area contributed by atoms with Gasteiger partial charge in [-0.1, -0.05) is 53.6 Å². The van der Waals surface area contributed by atoms with Crippen LogP contribution in [0.15, 0.2) is 87.5 Å². The molecule has 5 rings (SSSR count). The standard InChI is InChI=1S/C27H24N4O3S/c1-17-6-10-20(11-7-17)16-31-24(28)23(35(33,34)21-12-8-18(2)9-13-21)15-22-26(31)29-25-19(3)5-4-14-30(25)27(22)32/h4-15,28H,16H2,1-3H3. The van der Waals surface area contributed by atoms with Crippen molar-refractivity contribution < 1.29 is 8.42 Å². The molecule has 1 N–H and O–H groups in total. The van der Waals surface area contributed by atoms with E-state index in [9.17, 15) is 13.2 Å². The van der Waals surface area contributed by atoms with E-state index in [-0.39, 0.29) is 38.4 Å². The third-order valence-corrected chi connectivity index (χ3v) is 7.96. The van der Waals surface area contributed by atoms with Crippen LogP contribution in [0.2, 0.25) is 0 Å². The van der Waals surface area contributed by atoms with Crippen molar-refractivity contribution in [1.82, 2.24) is 14.0 Å². The van der Waals surface area contributed by atoms with Crippen LogP contribution in [0.5, 0.6) is 0 Å². The summed E-state index contributed by atoms with van der Waals surface area (Å²) in [4.78, 5) is 18.1.